The lowest BCUT2D eigenvalue weighted by Gasteiger charge is -2.26. The highest BCUT2D eigenvalue weighted by atomic mass is 32.1. The Hall–Kier alpha value is -3.24. The summed E-state index contributed by atoms with van der Waals surface area (Å²) >= 11 is 1.46. The number of hydrogen-bond donors (Lipinski definition) is 3. The van der Waals surface area contributed by atoms with Gasteiger partial charge < -0.3 is 20.5 Å². The fourth-order valence-corrected chi connectivity index (χ4v) is 5.51. The highest BCUT2D eigenvalue weighted by molar-refractivity contribution is 7.18. The van der Waals surface area contributed by atoms with Gasteiger partial charge in [0.25, 0.3) is 0 Å². The average molecular weight is 554 g/mol. The summed E-state index contributed by atoms with van der Waals surface area (Å²) in [5.41, 5.74) is 3.46. The molecule has 1 aromatic heterocycles. The molecular formula is C30H33F2N3O3S. The molecule has 206 valence electrons. The van der Waals surface area contributed by atoms with Gasteiger partial charge in [0.15, 0.2) is 0 Å². The largest absolute Gasteiger partial charge is 0.390 e. The monoisotopic (exact) mass is 553 g/mol. The van der Waals surface area contributed by atoms with E-state index in [2.05, 4.69) is 34.7 Å². The van der Waals surface area contributed by atoms with Crippen LogP contribution in [-0.4, -0.2) is 41.8 Å². The minimum atomic E-state index is -1.02. The number of amides is 1. The lowest BCUT2D eigenvalue weighted by Crippen LogP contribution is -2.49. The number of rotatable bonds is 13. The number of thiazole rings is 1. The molecule has 3 N–H and O–H groups in total. The molecule has 3 aromatic carbocycles. The summed E-state index contributed by atoms with van der Waals surface area (Å²) < 4.78 is 34.3. The fraction of sp³-hybridized carbons (Fsp3) is 0.333. The van der Waals surface area contributed by atoms with Crippen LogP contribution in [-0.2, 0) is 28.9 Å². The topological polar surface area (TPSA) is 83.5 Å². The predicted molar refractivity (Wildman–Crippen MR) is 150 cm³/mol. The molecule has 0 saturated carbocycles. The van der Waals surface area contributed by atoms with Crippen molar-refractivity contribution in [2.45, 2.75) is 51.0 Å². The van der Waals surface area contributed by atoms with Crippen LogP contribution < -0.4 is 10.6 Å². The molecular weight excluding hydrogens is 520 g/mol. The first-order valence-corrected chi connectivity index (χ1v) is 13.8. The summed E-state index contributed by atoms with van der Waals surface area (Å²) in [5.74, 6) is -1.79. The summed E-state index contributed by atoms with van der Waals surface area (Å²) in [7, 11) is 1.52. The van der Waals surface area contributed by atoms with Gasteiger partial charge >= 0.3 is 0 Å². The first-order valence-electron chi connectivity index (χ1n) is 12.9. The second-order valence-electron chi connectivity index (χ2n) is 9.48. The van der Waals surface area contributed by atoms with Crippen LogP contribution in [0.2, 0.25) is 0 Å². The van der Waals surface area contributed by atoms with Gasteiger partial charge in [0.05, 0.1) is 28.8 Å². The number of nitrogens with one attached hydrogen (secondary N) is 2. The molecule has 39 heavy (non-hydrogen) atoms. The van der Waals surface area contributed by atoms with E-state index in [-0.39, 0.29) is 25.3 Å². The summed E-state index contributed by atoms with van der Waals surface area (Å²) in [6.45, 7) is 2.79. The fourth-order valence-electron chi connectivity index (χ4n) is 4.47. The van der Waals surface area contributed by atoms with Gasteiger partial charge in [-0.1, -0.05) is 43.3 Å². The van der Waals surface area contributed by atoms with Crippen molar-refractivity contribution in [1.29, 1.82) is 0 Å². The molecule has 0 bridgehead atoms. The van der Waals surface area contributed by atoms with E-state index in [4.69, 9.17) is 4.74 Å². The van der Waals surface area contributed by atoms with Crippen molar-refractivity contribution in [3.63, 3.8) is 0 Å². The van der Waals surface area contributed by atoms with Crippen LogP contribution in [0.15, 0.2) is 66.7 Å². The molecule has 9 heteroatoms. The number of hydrogen-bond acceptors (Lipinski definition) is 6. The number of fused-ring (bicyclic) bond motifs is 1. The average Bonchev–Trinajstić information content (AvgIpc) is 3.35. The number of methoxy groups -OCH3 is 1. The van der Waals surface area contributed by atoms with Crippen molar-refractivity contribution in [3.05, 3.63) is 100 Å². The van der Waals surface area contributed by atoms with Crippen molar-refractivity contribution in [3.8, 4) is 0 Å². The second kappa shape index (κ2) is 13.7. The van der Waals surface area contributed by atoms with Gasteiger partial charge in [-0.2, -0.15) is 0 Å². The third-order valence-corrected chi connectivity index (χ3v) is 7.64. The van der Waals surface area contributed by atoms with Gasteiger partial charge in [-0.15, -0.1) is 11.3 Å². The lowest BCUT2D eigenvalue weighted by atomic mass is 10.00. The minimum absolute atomic E-state index is 0.0196. The molecule has 6 nitrogen and oxygen atoms in total. The summed E-state index contributed by atoms with van der Waals surface area (Å²) in [5, 5.41) is 17.8. The molecule has 0 fully saturated rings. The molecule has 0 spiro atoms. The van der Waals surface area contributed by atoms with Gasteiger partial charge in [-0.05, 0) is 53.8 Å². The van der Waals surface area contributed by atoms with E-state index >= 15 is 0 Å². The van der Waals surface area contributed by atoms with Gasteiger partial charge in [-0.3, -0.25) is 4.79 Å². The summed E-state index contributed by atoms with van der Waals surface area (Å²) in [4.78, 5) is 17.7. The third kappa shape index (κ3) is 8.12. The smallest absolute Gasteiger partial charge is 0.223 e. The van der Waals surface area contributed by atoms with E-state index in [1.165, 1.54) is 36.1 Å². The van der Waals surface area contributed by atoms with Crippen molar-refractivity contribution in [1.82, 2.24) is 15.6 Å². The predicted octanol–water partition coefficient (Wildman–Crippen LogP) is 5.09. The van der Waals surface area contributed by atoms with Gasteiger partial charge in [0.2, 0.25) is 5.91 Å². The maximum absolute atomic E-state index is 13.9. The van der Waals surface area contributed by atoms with Gasteiger partial charge in [0.1, 0.15) is 22.7 Å². The number of aliphatic hydroxyl groups is 1. The Bertz CT molecular complexity index is 1340. The van der Waals surface area contributed by atoms with Crippen molar-refractivity contribution < 1.29 is 23.4 Å². The van der Waals surface area contributed by atoms with Crippen molar-refractivity contribution >= 4 is 27.5 Å². The molecule has 0 radical (unpaired) electrons. The van der Waals surface area contributed by atoms with E-state index in [0.717, 1.165) is 28.3 Å². The van der Waals surface area contributed by atoms with Crippen LogP contribution in [0, 0.1) is 11.6 Å². The van der Waals surface area contributed by atoms with Crippen LogP contribution in [0.25, 0.3) is 10.2 Å². The van der Waals surface area contributed by atoms with Gasteiger partial charge in [0, 0.05) is 26.3 Å². The standard InChI is InChI=1S/C30H33F2N3O3S/c1-3-19-7-6-8-20(11-19)17-33-18-26(36)25(14-21-12-22(31)15-23(32)13-21)34-29(37)16-27(38-2)30-35-24-9-4-5-10-28(24)39-30/h4-13,15,25-27,33,36H,3,14,16-18H2,1-2H3,(H,34,37)/t25-,26-,27?/m0/s1. The number of aliphatic hydroxyl groups excluding tert-OH is 1. The number of nitrogens with zero attached hydrogens (tertiary/aromatic N) is 1. The van der Waals surface area contributed by atoms with E-state index in [9.17, 15) is 18.7 Å². The zero-order valence-electron chi connectivity index (χ0n) is 22.0. The van der Waals surface area contributed by atoms with Crippen LogP contribution in [0.5, 0.6) is 0 Å². The molecule has 0 aliphatic heterocycles. The molecule has 3 atom stereocenters. The zero-order valence-corrected chi connectivity index (χ0v) is 22.8. The molecule has 4 aromatic rings. The maximum Gasteiger partial charge on any atom is 0.223 e. The Morgan fingerprint density at radius 2 is 1.77 bits per heavy atom. The van der Waals surface area contributed by atoms with Gasteiger partial charge in [-0.25, -0.2) is 13.8 Å². The Balaban J connectivity index is 1.44. The molecule has 0 aliphatic rings. The van der Waals surface area contributed by atoms with E-state index in [1.807, 2.05) is 36.4 Å². The normalized spacial score (nSPS) is 13.8. The Kier molecular flexibility index (Phi) is 10.1. The highest BCUT2D eigenvalue weighted by Crippen LogP contribution is 2.29. The number of para-hydroxylation sites is 1. The molecule has 1 amide bonds. The van der Waals surface area contributed by atoms with Crippen LogP contribution in [0.3, 0.4) is 0 Å². The van der Waals surface area contributed by atoms with E-state index in [1.54, 1.807) is 0 Å². The van der Waals surface area contributed by atoms with Crippen LogP contribution >= 0.6 is 11.3 Å². The lowest BCUT2D eigenvalue weighted by molar-refractivity contribution is -0.125. The maximum atomic E-state index is 13.9. The number of aryl methyl sites for hydroxylation is 1. The Morgan fingerprint density at radius 1 is 1.03 bits per heavy atom. The Labute approximate surface area is 231 Å². The van der Waals surface area contributed by atoms with E-state index < -0.39 is 29.9 Å². The number of benzene rings is 3. The SMILES string of the molecule is CCc1cccc(CNC[C@H](O)[C@H](Cc2cc(F)cc(F)c2)NC(=O)CC(OC)c2nc3ccccc3s2)c1. The summed E-state index contributed by atoms with van der Waals surface area (Å²) in [6.07, 6.45) is -0.635. The third-order valence-electron chi connectivity index (χ3n) is 6.51. The minimum Gasteiger partial charge on any atom is -0.390 e. The number of carbonyl (C=O) groups excluding carboxylic acids is 1. The molecule has 0 aliphatic carbocycles. The van der Waals surface area contributed by atoms with E-state index in [0.29, 0.717) is 17.1 Å². The quantitative estimate of drug-likeness (QED) is 0.215. The number of aromatic nitrogens is 1. The number of carbonyl (C=O) groups is 1. The number of ether oxygens (including phenoxy) is 1. The number of halogens is 2. The molecule has 0 saturated heterocycles. The van der Waals surface area contributed by atoms with Crippen molar-refractivity contribution in [2.75, 3.05) is 13.7 Å². The first-order chi connectivity index (χ1) is 18.8. The molecule has 1 unspecified atom stereocenters. The second-order valence-corrected chi connectivity index (χ2v) is 10.5. The first kappa shape index (κ1) is 28.8. The van der Waals surface area contributed by atoms with Crippen LogP contribution in [0.1, 0.15) is 41.1 Å². The van der Waals surface area contributed by atoms with Crippen molar-refractivity contribution in [2.24, 2.45) is 0 Å². The zero-order chi connectivity index (χ0) is 27.8. The Morgan fingerprint density at radius 3 is 2.49 bits per heavy atom. The molecule has 1 heterocycles. The van der Waals surface area contributed by atoms with Crippen LogP contribution in [0.4, 0.5) is 8.78 Å². The summed E-state index contributed by atoms with van der Waals surface area (Å²) in [6, 6.07) is 18.2. The molecule has 4 rings (SSSR count). The highest BCUT2D eigenvalue weighted by Gasteiger charge is 2.25.